The lowest BCUT2D eigenvalue weighted by Gasteiger charge is -2.34. The number of hydrogen-bond donors (Lipinski definition) is 1. The predicted molar refractivity (Wildman–Crippen MR) is 61.3 cm³/mol. The maximum Gasteiger partial charge on any atom is 0.410 e. The molecule has 1 aliphatic rings. The van der Waals surface area contributed by atoms with Crippen molar-refractivity contribution in [3.8, 4) is 0 Å². The number of carbonyl (C=O) groups is 1. The monoisotopic (exact) mass is 236 g/mol. The molecule has 0 aliphatic carbocycles. The maximum atomic E-state index is 11.7. The fourth-order valence-electron chi connectivity index (χ4n) is 2.19. The first kappa shape index (κ1) is 11.8. The first-order valence-corrected chi connectivity index (χ1v) is 5.61. The van der Waals surface area contributed by atoms with Crippen LogP contribution in [0.1, 0.15) is 23.7 Å². The Morgan fingerprint density at radius 3 is 3.24 bits per heavy atom. The van der Waals surface area contributed by atoms with Crippen molar-refractivity contribution in [2.45, 2.75) is 18.9 Å². The summed E-state index contributed by atoms with van der Waals surface area (Å²) in [4.78, 5) is 21.6. The summed E-state index contributed by atoms with van der Waals surface area (Å²) in [5, 5.41) is 0. The van der Waals surface area contributed by atoms with Crippen molar-refractivity contribution < 1.29 is 9.53 Å². The second-order valence-corrected chi connectivity index (χ2v) is 3.94. The van der Waals surface area contributed by atoms with Crippen LogP contribution in [0.4, 0.5) is 4.79 Å². The molecule has 2 heterocycles. The highest BCUT2D eigenvalue weighted by Crippen LogP contribution is 2.30. The number of ether oxygens (including phenoxy) is 1. The van der Waals surface area contributed by atoms with Crippen LogP contribution in [0.2, 0.25) is 0 Å². The van der Waals surface area contributed by atoms with Crippen LogP contribution >= 0.6 is 0 Å². The fourth-order valence-corrected chi connectivity index (χ4v) is 2.19. The van der Waals surface area contributed by atoms with Crippen molar-refractivity contribution in [1.82, 2.24) is 14.9 Å². The molecule has 2 rings (SSSR count). The van der Waals surface area contributed by atoms with E-state index in [2.05, 4.69) is 9.97 Å². The van der Waals surface area contributed by atoms with Gasteiger partial charge in [-0.05, 0) is 24.9 Å². The first-order chi connectivity index (χ1) is 8.27. The predicted octanol–water partition coefficient (Wildman–Crippen LogP) is 0.491. The number of fused-ring (bicyclic) bond motifs is 1. The largest absolute Gasteiger partial charge is 0.453 e. The molecule has 17 heavy (non-hydrogen) atoms. The Morgan fingerprint density at radius 1 is 1.71 bits per heavy atom. The van der Waals surface area contributed by atoms with Gasteiger partial charge >= 0.3 is 6.09 Å². The molecule has 0 fully saturated rings. The van der Waals surface area contributed by atoms with Gasteiger partial charge in [0.25, 0.3) is 0 Å². The first-order valence-electron chi connectivity index (χ1n) is 5.61. The quantitative estimate of drug-likeness (QED) is 0.808. The molecule has 1 aromatic rings. The average molecular weight is 236 g/mol. The minimum Gasteiger partial charge on any atom is -0.453 e. The Hall–Kier alpha value is -1.69. The molecule has 0 radical (unpaired) electrons. The van der Waals surface area contributed by atoms with Crippen molar-refractivity contribution in [3.05, 3.63) is 23.8 Å². The van der Waals surface area contributed by atoms with E-state index in [4.69, 9.17) is 10.5 Å². The highest BCUT2D eigenvalue weighted by molar-refractivity contribution is 5.68. The molecule has 1 aromatic heterocycles. The van der Waals surface area contributed by atoms with E-state index in [1.807, 2.05) is 0 Å². The van der Waals surface area contributed by atoms with E-state index in [0.717, 1.165) is 17.7 Å². The maximum absolute atomic E-state index is 11.7. The van der Waals surface area contributed by atoms with Crippen molar-refractivity contribution in [1.29, 1.82) is 0 Å². The summed E-state index contributed by atoms with van der Waals surface area (Å²) in [6.45, 7) is 1.12. The number of rotatable bonds is 2. The van der Waals surface area contributed by atoms with Crippen LogP contribution in [-0.4, -0.2) is 41.2 Å². The number of nitrogens with two attached hydrogens (primary N) is 1. The number of methoxy groups -OCH3 is 1. The van der Waals surface area contributed by atoms with E-state index in [-0.39, 0.29) is 12.1 Å². The smallest absolute Gasteiger partial charge is 0.410 e. The molecule has 1 amide bonds. The van der Waals surface area contributed by atoms with Gasteiger partial charge in [0, 0.05) is 12.7 Å². The Bertz CT molecular complexity index is 410. The normalized spacial score (nSPS) is 18.7. The molecule has 6 heteroatoms. The molecule has 0 saturated heterocycles. The highest BCUT2D eigenvalue weighted by atomic mass is 16.5. The van der Waals surface area contributed by atoms with Gasteiger partial charge in [0.05, 0.1) is 18.8 Å². The standard InChI is InChI=1S/C11H16N4O2/c1-17-11(16)15-5-3-8-6-13-7-14-10(8)9(15)2-4-12/h6-7,9H,2-5,12H2,1H3. The van der Waals surface area contributed by atoms with Gasteiger partial charge in [0.2, 0.25) is 0 Å². The van der Waals surface area contributed by atoms with Crippen LogP contribution in [0.25, 0.3) is 0 Å². The van der Waals surface area contributed by atoms with Gasteiger partial charge in [-0.15, -0.1) is 0 Å². The van der Waals surface area contributed by atoms with Gasteiger partial charge in [-0.1, -0.05) is 0 Å². The van der Waals surface area contributed by atoms with Crippen LogP contribution in [0.5, 0.6) is 0 Å². The van der Waals surface area contributed by atoms with E-state index in [1.54, 1.807) is 11.1 Å². The van der Waals surface area contributed by atoms with Gasteiger partial charge in [-0.2, -0.15) is 0 Å². The van der Waals surface area contributed by atoms with Gasteiger partial charge in [0.15, 0.2) is 0 Å². The van der Waals surface area contributed by atoms with Crippen LogP contribution in [0.15, 0.2) is 12.5 Å². The molecule has 0 saturated carbocycles. The summed E-state index contributed by atoms with van der Waals surface area (Å²) in [5.41, 5.74) is 7.58. The third-order valence-electron chi connectivity index (χ3n) is 2.99. The molecule has 2 N–H and O–H groups in total. The third kappa shape index (κ3) is 2.21. The summed E-state index contributed by atoms with van der Waals surface area (Å²) in [6, 6.07) is -0.0980. The van der Waals surface area contributed by atoms with Crippen molar-refractivity contribution >= 4 is 6.09 Å². The van der Waals surface area contributed by atoms with Gasteiger partial charge in [0.1, 0.15) is 6.33 Å². The van der Waals surface area contributed by atoms with Crippen molar-refractivity contribution in [2.24, 2.45) is 5.73 Å². The number of aromatic nitrogens is 2. The van der Waals surface area contributed by atoms with E-state index in [9.17, 15) is 4.79 Å². The second-order valence-electron chi connectivity index (χ2n) is 3.94. The minimum atomic E-state index is -0.326. The Kier molecular flexibility index (Phi) is 3.53. The van der Waals surface area contributed by atoms with Crippen molar-refractivity contribution in [2.75, 3.05) is 20.2 Å². The third-order valence-corrected chi connectivity index (χ3v) is 2.99. The minimum absolute atomic E-state index is 0.0980. The average Bonchev–Trinajstić information content (AvgIpc) is 2.38. The molecular weight excluding hydrogens is 220 g/mol. The van der Waals surface area contributed by atoms with Crippen LogP contribution in [0.3, 0.4) is 0 Å². The van der Waals surface area contributed by atoms with Crippen LogP contribution in [0, 0.1) is 0 Å². The lowest BCUT2D eigenvalue weighted by atomic mass is 9.97. The lowest BCUT2D eigenvalue weighted by Crippen LogP contribution is -2.41. The van der Waals surface area contributed by atoms with Gasteiger partial charge < -0.3 is 10.5 Å². The van der Waals surface area contributed by atoms with Gasteiger partial charge in [-0.3, -0.25) is 4.90 Å². The van der Waals surface area contributed by atoms with Crippen LogP contribution in [-0.2, 0) is 11.2 Å². The summed E-state index contributed by atoms with van der Waals surface area (Å²) in [7, 11) is 1.39. The second kappa shape index (κ2) is 5.09. The van der Waals surface area contributed by atoms with E-state index >= 15 is 0 Å². The Morgan fingerprint density at radius 2 is 2.53 bits per heavy atom. The zero-order chi connectivity index (χ0) is 12.3. The Labute approximate surface area is 99.8 Å². The van der Waals surface area contributed by atoms with Crippen LogP contribution < -0.4 is 5.73 Å². The lowest BCUT2D eigenvalue weighted by molar-refractivity contribution is 0.0975. The summed E-state index contributed by atoms with van der Waals surface area (Å²) < 4.78 is 4.78. The summed E-state index contributed by atoms with van der Waals surface area (Å²) in [5.74, 6) is 0. The van der Waals surface area contributed by atoms with Gasteiger partial charge in [-0.25, -0.2) is 14.8 Å². The summed E-state index contributed by atoms with van der Waals surface area (Å²) in [6.07, 6.45) is 4.42. The molecule has 0 spiro atoms. The zero-order valence-electron chi connectivity index (χ0n) is 9.80. The zero-order valence-corrected chi connectivity index (χ0v) is 9.80. The molecule has 6 nitrogen and oxygen atoms in total. The molecule has 0 aromatic carbocycles. The molecule has 92 valence electrons. The molecule has 1 aliphatic heterocycles. The fraction of sp³-hybridized carbons (Fsp3) is 0.545. The summed E-state index contributed by atoms with van der Waals surface area (Å²) >= 11 is 0. The number of nitrogens with zero attached hydrogens (tertiary/aromatic N) is 3. The Balaban J connectivity index is 2.32. The van der Waals surface area contributed by atoms with Crippen molar-refractivity contribution in [3.63, 3.8) is 0 Å². The number of hydrogen-bond acceptors (Lipinski definition) is 5. The van der Waals surface area contributed by atoms with E-state index in [0.29, 0.717) is 19.5 Å². The molecule has 1 unspecified atom stereocenters. The van der Waals surface area contributed by atoms with E-state index in [1.165, 1.54) is 13.4 Å². The molecule has 1 atom stereocenters. The number of amides is 1. The molecule has 0 bridgehead atoms. The highest BCUT2D eigenvalue weighted by Gasteiger charge is 2.31. The number of carbonyl (C=O) groups excluding carboxylic acids is 1. The molecular formula is C11H16N4O2. The van der Waals surface area contributed by atoms with E-state index < -0.39 is 0 Å². The topological polar surface area (TPSA) is 81.3 Å². The SMILES string of the molecule is COC(=O)N1CCc2cncnc2C1CCN.